The van der Waals surface area contributed by atoms with Crippen molar-refractivity contribution in [2.75, 3.05) is 0 Å². The minimum absolute atomic E-state index is 0.328. The molecule has 1 N–H and O–H groups in total. The molecule has 116 valence electrons. The average Bonchev–Trinajstić information content (AvgIpc) is 2.56. The second kappa shape index (κ2) is 5.73. The highest BCUT2D eigenvalue weighted by Crippen LogP contribution is 2.30. The number of fused-ring (bicyclic) bond motifs is 1. The van der Waals surface area contributed by atoms with Gasteiger partial charge < -0.3 is 5.11 Å². The maximum absolute atomic E-state index is 12.7. The van der Waals surface area contributed by atoms with Crippen molar-refractivity contribution in [2.45, 2.75) is 6.92 Å². The van der Waals surface area contributed by atoms with Gasteiger partial charge in [0.25, 0.3) is 5.56 Å². The number of aromatic hydroxyl groups is 1. The highest BCUT2D eigenvalue weighted by Gasteiger charge is 2.18. The van der Waals surface area contributed by atoms with Crippen LogP contribution in [-0.4, -0.2) is 9.67 Å². The summed E-state index contributed by atoms with van der Waals surface area (Å²) in [5.41, 5.74) is 0.946. The van der Waals surface area contributed by atoms with Gasteiger partial charge in [-0.1, -0.05) is 17.7 Å². The van der Waals surface area contributed by atoms with E-state index in [2.05, 4.69) is 6.07 Å². The minimum Gasteiger partial charge on any atom is -0.506 e. The van der Waals surface area contributed by atoms with E-state index < -0.39 is 5.56 Å². The molecule has 0 aliphatic heterocycles. The topological polar surface area (TPSA) is 89.8 Å². The van der Waals surface area contributed by atoms with Gasteiger partial charge in [-0.05, 0) is 42.8 Å². The van der Waals surface area contributed by atoms with Gasteiger partial charge in [0.1, 0.15) is 11.8 Å². The third-order valence-corrected chi connectivity index (χ3v) is 4.06. The third kappa shape index (κ3) is 2.28. The Morgan fingerprint density at radius 2 is 1.88 bits per heavy atom. The molecule has 1 heterocycles. The minimum atomic E-state index is -0.669. The summed E-state index contributed by atoms with van der Waals surface area (Å²) in [5, 5.41) is 29.4. The lowest BCUT2D eigenvalue weighted by molar-refractivity contribution is 0.478. The molecule has 0 aliphatic rings. The van der Waals surface area contributed by atoms with Crippen LogP contribution in [-0.2, 0) is 0 Å². The number of nitrogens with zero attached hydrogens (tertiary/aromatic N) is 3. The Kier molecular flexibility index (Phi) is 3.73. The van der Waals surface area contributed by atoms with Crippen molar-refractivity contribution in [1.82, 2.24) is 4.57 Å². The first-order valence-electron chi connectivity index (χ1n) is 6.96. The molecule has 3 aromatic rings. The average molecular weight is 336 g/mol. The monoisotopic (exact) mass is 335 g/mol. The summed E-state index contributed by atoms with van der Waals surface area (Å²) < 4.78 is 1.28. The molecule has 1 aromatic heterocycles. The number of hydrogen-bond acceptors (Lipinski definition) is 4. The lowest BCUT2D eigenvalue weighted by Crippen LogP contribution is -2.22. The molecule has 0 unspecified atom stereocenters. The first-order chi connectivity index (χ1) is 11.5. The highest BCUT2D eigenvalue weighted by atomic mass is 35.5. The van der Waals surface area contributed by atoms with E-state index in [-0.39, 0.29) is 11.3 Å². The van der Waals surface area contributed by atoms with Crippen molar-refractivity contribution in [3.63, 3.8) is 0 Å². The fourth-order valence-electron chi connectivity index (χ4n) is 2.57. The van der Waals surface area contributed by atoms with Gasteiger partial charge in [0, 0.05) is 10.4 Å². The van der Waals surface area contributed by atoms with E-state index >= 15 is 0 Å². The summed E-state index contributed by atoms with van der Waals surface area (Å²) in [7, 11) is 0. The highest BCUT2D eigenvalue weighted by molar-refractivity contribution is 6.31. The van der Waals surface area contributed by atoms with Crippen molar-refractivity contribution < 1.29 is 5.11 Å². The molecule has 0 fully saturated rings. The second-order valence-electron chi connectivity index (χ2n) is 5.25. The van der Waals surface area contributed by atoms with Gasteiger partial charge in [-0.2, -0.15) is 10.5 Å². The predicted molar refractivity (Wildman–Crippen MR) is 90.4 cm³/mol. The van der Waals surface area contributed by atoms with Gasteiger partial charge in [-0.15, -0.1) is 0 Å². The molecule has 0 saturated heterocycles. The zero-order valence-electron chi connectivity index (χ0n) is 12.5. The van der Waals surface area contributed by atoms with Crippen LogP contribution in [0.5, 0.6) is 5.75 Å². The number of pyridine rings is 1. The van der Waals surface area contributed by atoms with E-state index in [4.69, 9.17) is 11.6 Å². The van der Waals surface area contributed by atoms with E-state index in [1.54, 1.807) is 43.3 Å². The summed E-state index contributed by atoms with van der Waals surface area (Å²) in [6, 6.07) is 13.4. The molecule has 0 spiro atoms. The first kappa shape index (κ1) is 15.6. The number of rotatable bonds is 1. The number of benzene rings is 2. The Hall–Kier alpha value is -3.28. The van der Waals surface area contributed by atoms with E-state index in [0.29, 0.717) is 27.2 Å². The Labute approximate surface area is 142 Å². The Morgan fingerprint density at radius 1 is 1.12 bits per heavy atom. The Balaban J connectivity index is 2.53. The van der Waals surface area contributed by atoms with E-state index in [0.717, 1.165) is 5.56 Å². The van der Waals surface area contributed by atoms with E-state index in [9.17, 15) is 20.4 Å². The molecule has 2 aromatic carbocycles. The molecular formula is C18H10ClN3O2. The largest absolute Gasteiger partial charge is 0.506 e. The molecule has 5 nitrogen and oxygen atoms in total. The van der Waals surface area contributed by atoms with Gasteiger partial charge >= 0.3 is 0 Å². The SMILES string of the molecule is Cc1ccc(-n2c(=O)c(C#N)c(O)c3ccc(Cl)cc32)cc1C#N. The van der Waals surface area contributed by atoms with E-state index in [1.807, 2.05) is 0 Å². The van der Waals surface area contributed by atoms with Gasteiger partial charge in [0.05, 0.1) is 22.8 Å². The van der Waals surface area contributed by atoms with Gasteiger partial charge in [0.2, 0.25) is 0 Å². The first-order valence-corrected chi connectivity index (χ1v) is 7.34. The fraction of sp³-hybridized carbons (Fsp3) is 0.0556. The smallest absolute Gasteiger partial charge is 0.277 e. The number of hydrogen-bond donors (Lipinski definition) is 1. The quantitative estimate of drug-likeness (QED) is 0.738. The summed E-state index contributed by atoms with van der Waals surface area (Å²) in [5.74, 6) is -0.377. The van der Waals surface area contributed by atoms with Crippen LogP contribution < -0.4 is 5.56 Å². The lowest BCUT2D eigenvalue weighted by Gasteiger charge is -2.14. The van der Waals surface area contributed by atoms with E-state index in [1.165, 1.54) is 10.6 Å². The molecule has 0 amide bonds. The Morgan fingerprint density at radius 3 is 2.54 bits per heavy atom. The molecule has 0 aliphatic carbocycles. The maximum atomic E-state index is 12.7. The maximum Gasteiger partial charge on any atom is 0.277 e. The van der Waals surface area contributed by atoms with Crippen LogP contribution in [0.3, 0.4) is 0 Å². The summed E-state index contributed by atoms with van der Waals surface area (Å²) in [4.78, 5) is 12.7. The van der Waals surface area contributed by atoms with Crippen LogP contribution in [0.15, 0.2) is 41.2 Å². The fourth-order valence-corrected chi connectivity index (χ4v) is 2.74. The molecule has 24 heavy (non-hydrogen) atoms. The van der Waals surface area contributed by atoms with Crippen molar-refractivity contribution >= 4 is 22.5 Å². The summed E-state index contributed by atoms with van der Waals surface area (Å²) in [6.45, 7) is 1.79. The Bertz CT molecular complexity index is 1130. The van der Waals surface area contributed by atoms with Gasteiger partial charge in [-0.25, -0.2) is 0 Å². The third-order valence-electron chi connectivity index (χ3n) is 3.82. The predicted octanol–water partition coefficient (Wildman–Crippen LogP) is 3.40. The van der Waals surface area contributed by atoms with Crippen LogP contribution in [0, 0.1) is 29.6 Å². The lowest BCUT2D eigenvalue weighted by atomic mass is 10.1. The number of halogens is 1. The van der Waals surface area contributed by atoms with Crippen LogP contribution >= 0.6 is 11.6 Å². The molecule has 3 rings (SSSR count). The number of nitriles is 2. The molecule has 6 heteroatoms. The van der Waals surface area contributed by atoms with Crippen LogP contribution in [0.25, 0.3) is 16.6 Å². The van der Waals surface area contributed by atoms with Crippen molar-refractivity contribution in [3.05, 3.63) is 68.5 Å². The molecule has 0 bridgehead atoms. The van der Waals surface area contributed by atoms with Crippen molar-refractivity contribution in [3.8, 4) is 23.6 Å². The molecular weight excluding hydrogens is 326 g/mol. The van der Waals surface area contributed by atoms with Crippen molar-refractivity contribution in [1.29, 1.82) is 10.5 Å². The zero-order valence-corrected chi connectivity index (χ0v) is 13.3. The molecule has 0 atom stereocenters. The standard InChI is InChI=1S/C18H10ClN3O2/c1-10-2-4-13(6-11(10)8-20)22-16-7-12(19)3-5-14(16)17(23)15(9-21)18(22)24/h2-7,23H,1H3. The second-order valence-corrected chi connectivity index (χ2v) is 5.68. The van der Waals surface area contributed by atoms with Crippen molar-refractivity contribution in [2.24, 2.45) is 0 Å². The normalized spacial score (nSPS) is 10.3. The molecule has 0 saturated carbocycles. The summed E-state index contributed by atoms with van der Waals surface area (Å²) in [6.07, 6.45) is 0. The zero-order chi connectivity index (χ0) is 17.4. The van der Waals surface area contributed by atoms with Crippen LogP contribution in [0.1, 0.15) is 16.7 Å². The van der Waals surface area contributed by atoms with Gasteiger partial charge in [0.15, 0.2) is 5.56 Å². The van der Waals surface area contributed by atoms with Crippen LogP contribution in [0.2, 0.25) is 5.02 Å². The number of aromatic nitrogens is 1. The van der Waals surface area contributed by atoms with Crippen LogP contribution in [0.4, 0.5) is 0 Å². The number of aryl methyl sites for hydroxylation is 1. The van der Waals surface area contributed by atoms with Gasteiger partial charge in [-0.3, -0.25) is 9.36 Å². The summed E-state index contributed by atoms with van der Waals surface area (Å²) >= 11 is 6.03. The molecule has 0 radical (unpaired) electrons.